The number of nitrogens with zero attached hydrogens (tertiary/aromatic N) is 2. The summed E-state index contributed by atoms with van der Waals surface area (Å²) in [5.74, 6) is 0.630. The van der Waals surface area contributed by atoms with Crippen molar-refractivity contribution in [3.63, 3.8) is 0 Å². The molecular weight excluding hydrogens is 268 g/mol. The molecule has 1 aliphatic rings. The summed E-state index contributed by atoms with van der Waals surface area (Å²) in [5, 5.41) is 2.81. The van der Waals surface area contributed by atoms with Gasteiger partial charge in [0, 0.05) is 17.5 Å². The third kappa shape index (κ3) is 2.86. The van der Waals surface area contributed by atoms with Crippen molar-refractivity contribution < 1.29 is 4.79 Å². The van der Waals surface area contributed by atoms with E-state index in [0.717, 1.165) is 30.0 Å². The molecule has 0 spiro atoms. The average molecular weight is 287 g/mol. The summed E-state index contributed by atoms with van der Waals surface area (Å²) in [5.41, 5.74) is 0.867. The van der Waals surface area contributed by atoms with E-state index in [1.165, 1.54) is 11.3 Å². The maximum absolute atomic E-state index is 12.4. The molecule has 0 aromatic carbocycles. The van der Waals surface area contributed by atoms with Gasteiger partial charge in [-0.25, -0.2) is 4.98 Å². The zero-order valence-electron chi connectivity index (χ0n) is 10.9. The number of likely N-dealkylation sites (tertiary alicyclic amines) is 1. The summed E-state index contributed by atoms with van der Waals surface area (Å²) in [7, 11) is 0. The predicted octanol–water partition coefficient (Wildman–Crippen LogP) is 3.21. The predicted molar refractivity (Wildman–Crippen MR) is 75.0 cm³/mol. The van der Waals surface area contributed by atoms with Crippen LogP contribution in [-0.4, -0.2) is 27.9 Å². The van der Waals surface area contributed by atoms with Crippen LogP contribution in [0.2, 0.25) is 0 Å². The van der Waals surface area contributed by atoms with Gasteiger partial charge in [-0.3, -0.25) is 4.79 Å². The average Bonchev–Trinajstić information content (AvgIpc) is 2.95. The molecular formula is C13H19ClN2OS. The van der Waals surface area contributed by atoms with Crippen LogP contribution in [0.5, 0.6) is 0 Å². The van der Waals surface area contributed by atoms with Crippen LogP contribution in [0.25, 0.3) is 0 Å². The molecule has 1 aromatic rings. The van der Waals surface area contributed by atoms with E-state index in [2.05, 4.69) is 23.7 Å². The van der Waals surface area contributed by atoms with Crippen molar-refractivity contribution in [2.24, 2.45) is 0 Å². The molecule has 1 saturated heterocycles. The van der Waals surface area contributed by atoms with E-state index in [0.29, 0.717) is 24.4 Å². The summed E-state index contributed by atoms with van der Waals surface area (Å²) in [4.78, 5) is 18.8. The topological polar surface area (TPSA) is 33.2 Å². The number of carbonyl (C=O) groups is 1. The van der Waals surface area contributed by atoms with Crippen LogP contribution in [0, 0.1) is 0 Å². The van der Waals surface area contributed by atoms with Crippen molar-refractivity contribution in [1.29, 1.82) is 0 Å². The van der Waals surface area contributed by atoms with Crippen molar-refractivity contribution in [3.05, 3.63) is 16.1 Å². The van der Waals surface area contributed by atoms with Crippen molar-refractivity contribution >= 4 is 28.8 Å². The van der Waals surface area contributed by atoms with E-state index in [9.17, 15) is 4.79 Å². The van der Waals surface area contributed by atoms with Crippen molar-refractivity contribution in [2.45, 2.75) is 57.5 Å². The van der Waals surface area contributed by atoms with E-state index >= 15 is 0 Å². The van der Waals surface area contributed by atoms with E-state index in [4.69, 9.17) is 11.6 Å². The molecule has 0 saturated carbocycles. The van der Waals surface area contributed by atoms with E-state index < -0.39 is 0 Å². The van der Waals surface area contributed by atoms with Gasteiger partial charge in [0.1, 0.15) is 5.01 Å². The second kappa shape index (κ2) is 6.02. The second-order valence-corrected chi connectivity index (χ2v) is 6.04. The Morgan fingerprint density at radius 1 is 1.61 bits per heavy atom. The lowest BCUT2D eigenvalue weighted by atomic mass is 10.1. The molecule has 2 unspecified atom stereocenters. The number of hydrogen-bond donors (Lipinski definition) is 0. The van der Waals surface area contributed by atoms with Crippen LogP contribution in [0.3, 0.4) is 0 Å². The quantitative estimate of drug-likeness (QED) is 0.796. The highest BCUT2D eigenvalue weighted by Crippen LogP contribution is 2.27. The molecule has 0 aliphatic carbocycles. The standard InChI is InChI=1S/C13H19ClN2OS/c1-3-11-5-4-9(2)16(11)13(17)6-12-15-10(7-14)8-18-12/h8-9,11H,3-7H2,1-2H3. The molecule has 1 fully saturated rings. The number of alkyl halides is 1. The number of halogens is 1. The highest BCUT2D eigenvalue weighted by atomic mass is 35.5. The van der Waals surface area contributed by atoms with Crippen molar-refractivity contribution in [1.82, 2.24) is 9.88 Å². The van der Waals surface area contributed by atoms with Gasteiger partial charge in [0.15, 0.2) is 0 Å². The van der Waals surface area contributed by atoms with Crippen LogP contribution in [-0.2, 0) is 17.1 Å². The van der Waals surface area contributed by atoms with Gasteiger partial charge in [-0.2, -0.15) is 0 Å². The lowest BCUT2D eigenvalue weighted by Gasteiger charge is -2.27. The van der Waals surface area contributed by atoms with Gasteiger partial charge < -0.3 is 4.90 Å². The summed E-state index contributed by atoms with van der Waals surface area (Å²) < 4.78 is 0. The number of hydrogen-bond acceptors (Lipinski definition) is 3. The first kappa shape index (κ1) is 13.8. The fourth-order valence-electron chi connectivity index (χ4n) is 2.63. The monoisotopic (exact) mass is 286 g/mol. The third-order valence-corrected chi connectivity index (χ3v) is 4.76. The smallest absolute Gasteiger partial charge is 0.229 e. The minimum Gasteiger partial charge on any atom is -0.337 e. The molecule has 2 heterocycles. The van der Waals surface area contributed by atoms with E-state index in [-0.39, 0.29) is 5.91 Å². The van der Waals surface area contributed by atoms with Crippen LogP contribution < -0.4 is 0 Å². The zero-order valence-corrected chi connectivity index (χ0v) is 12.4. The minimum absolute atomic E-state index is 0.210. The normalized spacial score (nSPS) is 23.6. The first-order valence-electron chi connectivity index (χ1n) is 6.46. The fourth-order valence-corrected chi connectivity index (χ4v) is 3.65. The number of amides is 1. The Labute approximate surface area is 117 Å². The van der Waals surface area contributed by atoms with Gasteiger partial charge in [-0.05, 0) is 26.2 Å². The lowest BCUT2D eigenvalue weighted by Crippen LogP contribution is -2.40. The molecule has 2 atom stereocenters. The molecule has 5 heteroatoms. The Balaban J connectivity index is 2.02. The maximum Gasteiger partial charge on any atom is 0.229 e. The second-order valence-electron chi connectivity index (χ2n) is 4.83. The Morgan fingerprint density at radius 3 is 3.00 bits per heavy atom. The Bertz CT molecular complexity index is 421. The first-order chi connectivity index (χ1) is 8.65. The highest BCUT2D eigenvalue weighted by Gasteiger charge is 2.33. The van der Waals surface area contributed by atoms with E-state index in [1.54, 1.807) is 0 Å². The lowest BCUT2D eigenvalue weighted by molar-refractivity contribution is -0.133. The van der Waals surface area contributed by atoms with Crippen molar-refractivity contribution in [2.75, 3.05) is 0 Å². The summed E-state index contributed by atoms with van der Waals surface area (Å²) >= 11 is 7.25. The molecule has 18 heavy (non-hydrogen) atoms. The Morgan fingerprint density at radius 2 is 2.39 bits per heavy atom. The number of aromatic nitrogens is 1. The third-order valence-electron chi connectivity index (χ3n) is 3.58. The van der Waals surface area contributed by atoms with Gasteiger partial charge in [-0.1, -0.05) is 6.92 Å². The molecule has 0 bridgehead atoms. The summed E-state index contributed by atoms with van der Waals surface area (Å²) in [6.45, 7) is 4.29. The molecule has 1 aromatic heterocycles. The Kier molecular flexibility index (Phi) is 4.62. The summed E-state index contributed by atoms with van der Waals surface area (Å²) in [6, 6.07) is 0.787. The number of carbonyl (C=O) groups excluding carboxylic acids is 1. The highest BCUT2D eigenvalue weighted by molar-refractivity contribution is 7.09. The van der Waals surface area contributed by atoms with Crippen molar-refractivity contribution in [3.8, 4) is 0 Å². The SMILES string of the molecule is CCC1CCC(C)N1C(=O)Cc1nc(CCl)cs1. The molecule has 3 nitrogen and oxygen atoms in total. The van der Waals surface area contributed by atoms with Crippen LogP contribution in [0.1, 0.15) is 43.8 Å². The van der Waals surface area contributed by atoms with Gasteiger partial charge in [0.25, 0.3) is 0 Å². The van der Waals surface area contributed by atoms with Gasteiger partial charge in [0.05, 0.1) is 18.0 Å². The van der Waals surface area contributed by atoms with Gasteiger partial charge >= 0.3 is 0 Å². The Hall–Kier alpha value is -0.610. The van der Waals surface area contributed by atoms with Gasteiger partial charge in [-0.15, -0.1) is 22.9 Å². The molecule has 2 rings (SSSR count). The van der Waals surface area contributed by atoms with E-state index in [1.807, 2.05) is 5.38 Å². The molecule has 1 aliphatic heterocycles. The maximum atomic E-state index is 12.4. The van der Waals surface area contributed by atoms with Crippen LogP contribution >= 0.6 is 22.9 Å². The molecule has 0 N–H and O–H groups in total. The van der Waals surface area contributed by atoms with Crippen LogP contribution in [0.15, 0.2) is 5.38 Å². The largest absolute Gasteiger partial charge is 0.337 e. The van der Waals surface area contributed by atoms with Crippen LogP contribution in [0.4, 0.5) is 0 Å². The minimum atomic E-state index is 0.210. The molecule has 1 amide bonds. The summed E-state index contributed by atoms with van der Waals surface area (Å²) in [6.07, 6.45) is 3.71. The first-order valence-corrected chi connectivity index (χ1v) is 7.87. The zero-order chi connectivity index (χ0) is 13.1. The number of thiazole rings is 1. The fraction of sp³-hybridized carbons (Fsp3) is 0.692. The number of rotatable bonds is 4. The van der Waals surface area contributed by atoms with Gasteiger partial charge in [0.2, 0.25) is 5.91 Å². The molecule has 0 radical (unpaired) electrons. The molecule has 100 valence electrons.